The van der Waals surface area contributed by atoms with Crippen molar-refractivity contribution >= 4 is 16.1 Å². The van der Waals surface area contributed by atoms with E-state index < -0.39 is 39.1 Å². The maximum atomic E-state index is 13.4. The minimum Gasteiger partial charge on any atom is -0.481 e. The van der Waals surface area contributed by atoms with Crippen LogP contribution in [0.2, 0.25) is 0 Å². The predicted octanol–water partition coefficient (Wildman–Crippen LogP) is 2.24. The van der Waals surface area contributed by atoms with Gasteiger partial charge in [-0.2, -0.15) is 21.6 Å². The highest BCUT2D eigenvalue weighted by molar-refractivity contribution is 7.88. The second kappa shape index (κ2) is 5.27. The van der Waals surface area contributed by atoms with Gasteiger partial charge in [0.25, 0.3) is 0 Å². The minimum absolute atomic E-state index is 0.0493. The van der Waals surface area contributed by atoms with Crippen molar-refractivity contribution in [3.05, 3.63) is 29.6 Å². The topological polar surface area (TPSA) is 80.7 Å². The molecule has 0 aliphatic rings. The molecular formula is C10H8F4O5S. The highest BCUT2D eigenvalue weighted by Crippen LogP contribution is 2.29. The highest BCUT2D eigenvalue weighted by atomic mass is 32.2. The first kappa shape index (κ1) is 16.2. The van der Waals surface area contributed by atoms with Crippen molar-refractivity contribution < 1.29 is 40.1 Å². The summed E-state index contributed by atoms with van der Waals surface area (Å²) in [6.45, 7) is 1.23. The Hall–Kier alpha value is -1.84. The molecule has 1 N–H and O–H groups in total. The highest BCUT2D eigenvalue weighted by Gasteiger charge is 2.48. The van der Waals surface area contributed by atoms with E-state index in [-0.39, 0.29) is 5.56 Å². The summed E-state index contributed by atoms with van der Waals surface area (Å²) in [6, 6.07) is 2.18. The van der Waals surface area contributed by atoms with E-state index in [0.29, 0.717) is 12.1 Å². The predicted molar refractivity (Wildman–Crippen MR) is 58.1 cm³/mol. The third kappa shape index (κ3) is 3.38. The zero-order valence-electron chi connectivity index (χ0n) is 9.81. The molecule has 112 valence electrons. The number of aliphatic carboxylic acids is 1. The van der Waals surface area contributed by atoms with Crippen LogP contribution in [-0.2, 0) is 14.9 Å². The average Bonchev–Trinajstić information content (AvgIpc) is 2.29. The van der Waals surface area contributed by atoms with Gasteiger partial charge in [-0.25, -0.2) is 4.39 Å². The summed E-state index contributed by atoms with van der Waals surface area (Å²) in [5.74, 6) is -4.97. The molecule has 0 fully saturated rings. The van der Waals surface area contributed by atoms with Crippen LogP contribution in [0.4, 0.5) is 17.6 Å². The lowest BCUT2D eigenvalue weighted by Gasteiger charge is -2.12. The van der Waals surface area contributed by atoms with E-state index in [1.807, 2.05) is 0 Å². The van der Waals surface area contributed by atoms with Crippen molar-refractivity contribution in [1.29, 1.82) is 0 Å². The van der Waals surface area contributed by atoms with Crippen LogP contribution in [0.15, 0.2) is 18.2 Å². The van der Waals surface area contributed by atoms with Gasteiger partial charge < -0.3 is 9.29 Å². The number of rotatable bonds is 4. The van der Waals surface area contributed by atoms with Crippen molar-refractivity contribution in [1.82, 2.24) is 0 Å². The Bertz CT molecular complexity index is 623. The van der Waals surface area contributed by atoms with Crippen LogP contribution in [0, 0.1) is 5.82 Å². The molecule has 0 amide bonds. The first-order valence-corrected chi connectivity index (χ1v) is 6.39. The molecule has 0 saturated carbocycles. The van der Waals surface area contributed by atoms with Gasteiger partial charge in [0.2, 0.25) is 0 Å². The second-order valence-electron chi connectivity index (χ2n) is 3.73. The number of carbonyl (C=O) groups is 1. The molecule has 1 aromatic carbocycles. The summed E-state index contributed by atoms with van der Waals surface area (Å²) in [6.07, 6.45) is 0. The number of benzene rings is 1. The van der Waals surface area contributed by atoms with Crippen LogP contribution in [0.1, 0.15) is 18.4 Å². The van der Waals surface area contributed by atoms with E-state index in [1.165, 1.54) is 6.92 Å². The van der Waals surface area contributed by atoms with Crippen LogP contribution < -0.4 is 4.18 Å². The summed E-state index contributed by atoms with van der Waals surface area (Å²) in [5, 5.41) is 8.69. The Morgan fingerprint density at radius 2 is 1.90 bits per heavy atom. The first-order valence-electron chi connectivity index (χ1n) is 4.98. The molecule has 0 aliphatic heterocycles. The van der Waals surface area contributed by atoms with Crippen LogP contribution in [0.5, 0.6) is 5.75 Å². The maximum absolute atomic E-state index is 13.4. The lowest BCUT2D eigenvalue weighted by atomic mass is 10.0. The van der Waals surface area contributed by atoms with E-state index in [9.17, 15) is 30.8 Å². The molecule has 5 nitrogen and oxygen atoms in total. The fourth-order valence-electron chi connectivity index (χ4n) is 1.16. The summed E-state index contributed by atoms with van der Waals surface area (Å²) in [7, 11) is -5.98. The SMILES string of the molecule is CC(C(=O)O)c1ccc(OS(=O)(=O)C(F)(F)F)c(F)c1. The third-order valence-electron chi connectivity index (χ3n) is 2.31. The van der Waals surface area contributed by atoms with E-state index in [2.05, 4.69) is 4.18 Å². The number of hydrogen-bond acceptors (Lipinski definition) is 4. The fraction of sp³-hybridized carbons (Fsp3) is 0.300. The van der Waals surface area contributed by atoms with Gasteiger partial charge in [-0.15, -0.1) is 0 Å². The number of carboxylic acids is 1. The summed E-state index contributed by atoms with van der Waals surface area (Å²) in [5.41, 5.74) is -5.74. The van der Waals surface area contributed by atoms with Crippen LogP contribution >= 0.6 is 0 Å². The Morgan fingerprint density at radius 1 is 1.35 bits per heavy atom. The minimum atomic E-state index is -5.98. The molecular weight excluding hydrogens is 308 g/mol. The van der Waals surface area contributed by atoms with E-state index in [0.717, 1.165) is 6.07 Å². The molecule has 0 aromatic heterocycles. The lowest BCUT2D eigenvalue weighted by Crippen LogP contribution is -2.28. The lowest BCUT2D eigenvalue weighted by molar-refractivity contribution is -0.138. The van der Waals surface area contributed by atoms with Crippen molar-refractivity contribution in [2.75, 3.05) is 0 Å². The van der Waals surface area contributed by atoms with Crippen molar-refractivity contribution in [3.8, 4) is 5.75 Å². The van der Waals surface area contributed by atoms with Gasteiger partial charge >= 0.3 is 21.6 Å². The summed E-state index contributed by atoms with van der Waals surface area (Å²) >= 11 is 0. The summed E-state index contributed by atoms with van der Waals surface area (Å²) < 4.78 is 74.6. The molecule has 20 heavy (non-hydrogen) atoms. The zero-order chi connectivity index (χ0) is 15.7. The normalized spacial score (nSPS) is 13.8. The molecule has 0 spiro atoms. The van der Waals surface area contributed by atoms with Gasteiger partial charge in [0.15, 0.2) is 11.6 Å². The molecule has 1 atom stereocenters. The maximum Gasteiger partial charge on any atom is 0.534 e. The Balaban J connectivity index is 3.10. The standard InChI is InChI=1S/C10H8F4O5S/c1-5(9(15)16)6-2-3-8(7(11)4-6)19-20(17,18)10(12,13)14/h2-5H,1H3,(H,15,16). The largest absolute Gasteiger partial charge is 0.534 e. The molecule has 0 radical (unpaired) electrons. The van der Waals surface area contributed by atoms with E-state index in [1.54, 1.807) is 0 Å². The van der Waals surface area contributed by atoms with Crippen molar-refractivity contribution in [2.45, 2.75) is 18.3 Å². The Morgan fingerprint density at radius 3 is 2.30 bits per heavy atom. The number of hydrogen-bond donors (Lipinski definition) is 1. The van der Waals surface area contributed by atoms with E-state index in [4.69, 9.17) is 5.11 Å². The average molecular weight is 316 g/mol. The molecule has 1 unspecified atom stereocenters. The van der Waals surface area contributed by atoms with Crippen LogP contribution in [0.3, 0.4) is 0 Å². The Kier molecular flexibility index (Phi) is 4.27. The molecule has 0 saturated heterocycles. The molecule has 10 heteroatoms. The Labute approximate surface area is 110 Å². The molecule has 1 aromatic rings. The van der Waals surface area contributed by atoms with Gasteiger partial charge in [0.05, 0.1) is 5.92 Å². The van der Waals surface area contributed by atoms with Crippen molar-refractivity contribution in [2.24, 2.45) is 0 Å². The number of halogens is 4. The molecule has 0 aliphatic carbocycles. The van der Waals surface area contributed by atoms with Gasteiger partial charge in [0, 0.05) is 0 Å². The van der Waals surface area contributed by atoms with Gasteiger partial charge in [-0.05, 0) is 24.6 Å². The fourth-order valence-corrected chi connectivity index (χ4v) is 1.63. The van der Waals surface area contributed by atoms with Crippen LogP contribution in [0.25, 0.3) is 0 Å². The van der Waals surface area contributed by atoms with Gasteiger partial charge in [-0.3, -0.25) is 4.79 Å². The molecule has 1 rings (SSSR count). The number of carboxylic acid groups (broad SMARTS) is 1. The first-order chi connectivity index (χ1) is 8.95. The quantitative estimate of drug-likeness (QED) is 0.523. The second-order valence-corrected chi connectivity index (χ2v) is 5.27. The van der Waals surface area contributed by atoms with E-state index >= 15 is 0 Å². The zero-order valence-corrected chi connectivity index (χ0v) is 10.6. The monoisotopic (exact) mass is 316 g/mol. The molecule has 0 bridgehead atoms. The third-order valence-corrected chi connectivity index (χ3v) is 3.28. The van der Waals surface area contributed by atoms with Gasteiger partial charge in [0.1, 0.15) is 0 Å². The van der Waals surface area contributed by atoms with Crippen LogP contribution in [-0.4, -0.2) is 25.0 Å². The molecule has 0 heterocycles. The number of alkyl halides is 3. The van der Waals surface area contributed by atoms with Gasteiger partial charge in [-0.1, -0.05) is 6.07 Å². The van der Waals surface area contributed by atoms with Crippen molar-refractivity contribution in [3.63, 3.8) is 0 Å². The smallest absolute Gasteiger partial charge is 0.481 e. The summed E-state index contributed by atoms with van der Waals surface area (Å²) in [4.78, 5) is 10.7.